The van der Waals surface area contributed by atoms with Crippen molar-refractivity contribution in [1.82, 2.24) is 4.72 Å². The zero-order valence-corrected chi connectivity index (χ0v) is 12.0. The summed E-state index contributed by atoms with van der Waals surface area (Å²) < 4.78 is 27.3. The van der Waals surface area contributed by atoms with Gasteiger partial charge in [-0.1, -0.05) is 19.1 Å². The highest BCUT2D eigenvalue weighted by Crippen LogP contribution is 2.21. The minimum absolute atomic E-state index is 0.0568. The van der Waals surface area contributed by atoms with E-state index in [2.05, 4.69) is 4.72 Å². The Kier molecular flexibility index (Phi) is 4.60. The van der Waals surface area contributed by atoms with E-state index in [0.29, 0.717) is 30.6 Å². The molecule has 106 valence electrons. The molecular weight excluding hydrogens is 262 g/mol. The van der Waals surface area contributed by atoms with E-state index in [1.807, 2.05) is 13.0 Å². The molecule has 1 aromatic rings. The number of sulfonamides is 1. The first-order chi connectivity index (χ1) is 9.01. The summed E-state index contributed by atoms with van der Waals surface area (Å²) in [5, 5.41) is 9.43. The van der Waals surface area contributed by atoms with Crippen LogP contribution < -0.4 is 4.72 Å². The van der Waals surface area contributed by atoms with Gasteiger partial charge >= 0.3 is 0 Å². The standard InChI is InChI=1S/C14H21NO3S/c1-2-11-4-3-5-14(10-11)19(17,18)15-12-6-8-13(16)9-7-12/h3-5,10,12-13,15-16H,2,6-9H2,1H3. The highest BCUT2D eigenvalue weighted by Gasteiger charge is 2.24. The lowest BCUT2D eigenvalue weighted by molar-refractivity contribution is 0.120. The Morgan fingerprint density at radius 3 is 2.58 bits per heavy atom. The van der Waals surface area contributed by atoms with Crippen LogP contribution >= 0.6 is 0 Å². The number of aliphatic hydroxyl groups excluding tert-OH is 1. The van der Waals surface area contributed by atoms with Gasteiger partial charge in [-0.2, -0.15) is 0 Å². The highest BCUT2D eigenvalue weighted by atomic mass is 32.2. The fraction of sp³-hybridized carbons (Fsp3) is 0.571. The van der Waals surface area contributed by atoms with Gasteiger partial charge in [-0.25, -0.2) is 13.1 Å². The predicted molar refractivity (Wildman–Crippen MR) is 74.4 cm³/mol. The van der Waals surface area contributed by atoms with Crippen molar-refractivity contribution < 1.29 is 13.5 Å². The van der Waals surface area contributed by atoms with Gasteiger partial charge in [0.25, 0.3) is 0 Å². The van der Waals surface area contributed by atoms with E-state index in [4.69, 9.17) is 0 Å². The molecule has 4 nitrogen and oxygen atoms in total. The third kappa shape index (κ3) is 3.78. The smallest absolute Gasteiger partial charge is 0.240 e. The van der Waals surface area contributed by atoms with Crippen molar-refractivity contribution >= 4 is 10.0 Å². The van der Waals surface area contributed by atoms with Crippen LogP contribution in [0.3, 0.4) is 0 Å². The van der Waals surface area contributed by atoms with Gasteiger partial charge in [0.05, 0.1) is 11.0 Å². The quantitative estimate of drug-likeness (QED) is 0.886. The van der Waals surface area contributed by atoms with Gasteiger partial charge in [-0.05, 0) is 49.8 Å². The maximum Gasteiger partial charge on any atom is 0.240 e. The van der Waals surface area contributed by atoms with Gasteiger partial charge in [0.15, 0.2) is 0 Å². The summed E-state index contributed by atoms with van der Waals surface area (Å²) >= 11 is 0. The van der Waals surface area contributed by atoms with Gasteiger partial charge in [0.2, 0.25) is 10.0 Å². The number of hydrogen-bond donors (Lipinski definition) is 2. The molecule has 1 aliphatic rings. The Labute approximate surface area is 114 Å². The van der Waals surface area contributed by atoms with Crippen molar-refractivity contribution in [3.05, 3.63) is 29.8 Å². The van der Waals surface area contributed by atoms with Crippen LogP contribution in [0, 0.1) is 0 Å². The molecule has 0 bridgehead atoms. The van der Waals surface area contributed by atoms with Gasteiger partial charge in [0.1, 0.15) is 0 Å². The molecule has 0 unspecified atom stereocenters. The summed E-state index contributed by atoms with van der Waals surface area (Å²) in [6.45, 7) is 2.00. The van der Waals surface area contributed by atoms with Gasteiger partial charge in [-0.3, -0.25) is 0 Å². The van der Waals surface area contributed by atoms with E-state index in [9.17, 15) is 13.5 Å². The average molecular weight is 283 g/mol. The van der Waals surface area contributed by atoms with E-state index in [1.165, 1.54) is 0 Å². The molecule has 2 N–H and O–H groups in total. The molecule has 0 aromatic heterocycles. The van der Waals surface area contributed by atoms with Crippen LogP contribution in [0.25, 0.3) is 0 Å². The van der Waals surface area contributed by atoms with E-state index >= 15 is 0 Å². The molecule has 0 radical (unpaired) electrons. The van der Waals surface area contributed by atoms with E-state index in [1.54, 1.807) is 18.2 Å². The van der Waals surface area contributed by atoms with Crippen LogP contribution in [-0.2, 0) is 16.4 Å². The summed E-state index contributed by atoms with van der Waals surface area (Å²) in [4.78, 5) is 0.331. The number of rotatable bonds is 4. The Balaban J connectivity index is 2.09. The van der Waals surface area contributed by atoms with Crippen LogP contribution in [-0.4, -0.2) is 25.7 Å². The number of aliphatic hydroxyl groups is 1. The van der Waals surface area contributed by atoms with E-state index < -0.39 is 10.0 Å². The van der Waals surface area contributed by atoms with E-state index in [-0.39, 0.29) is 12.1 Å². The first-order valence-corrected chi connectivity index (χ1v) is 8.29. The predicted octanol–water partition coefficient (Wildman–Crippen LogP) is 1.83. The van der Waals surface area contributed by atoms with Gasteiger partial charge < -0.3 is 5.11 Å². The van der Waals surface area contributed by atoms with Crippen LogP contribution in [0.5, 0.6) is 0 Å². The summed E-state index contributed by atoms with van der Waals surface area (Å²) in [7, 11) is -3.44. The fourth-order valence-electron chi connectivity index (χ4n) is 2.41. The molecular formula is C14H21NO3S. The van der Waals surface area contributed by atoms with Crippen molar-refractivity contribution in [2.75, 3.05) is 0 Å². The molecule has 0 heterocycles. The lowest BCUT2D eigenvalue weighted by Gasteiger charge is -2.26. The maximum absolute atomic E-state index is 12.3. The Morgan fingerprint density at radius 1 is 1.26 bits per heavy atom. The maximum atomic E-state index is 12.3. The summed E-state index contributed by atoms with van der Waals surface area (Å²) in [5.41, 5.74) is 1.02. The third-order valence-electron chi connectivity index (χ3n) is 3.64. The minimum Gasteiger partial charge on any atom is -0.393 e. The monoisotopic (exact) mass is 283 g/mol. The Bertz CT molecular complexity index is 519. The molecule has 5 heteroatoms. The molecule has 0 spiro atoms. The average Bonchev–Trinajstić information content (AvgIpc) is 2.41. The number of benzene rings is 1. The Morgan fingerprint density at radius 2 is 1.95 bits per heavy atom. The van der Waals surface area contributed by atoms with Crippen molar-refractivity contribution in [3.8, 4) is 0 Å². The van der Waals surface area contributed by atoms with Crippen molar-refractivity contribution in [2.45, 2.75) is 56.1 Å². The second kappa shape index (κ2) is 6.03. The zero-order chi connectivity index (χ0) is 13.9. The third-order valence-corrected chi connectivity index (χ3v) is 5.15. The van der Waals surface area contributed by atoms with Crippen molar-refractivity contribution in [1.29, 1.82) is 0 Å². The van der Waals surface area contributed by atoms with Crippen LogP contribution in [0.4, 0.5) is 0 Å². The highest BCUT2D eigenvalue weighted by molar-refractivity contribution is 7.89. The molecule has 0 atom stereocenters. The van der Waals surface area contributed by atoms with Gasteiger partial charge in [0, 0.05) is 6.04 Å². The lowest BCUT2D eigenvalue weighted by atomic mass is 9.94. The molecule has 19 heavy (non-hydrogen) atoms. The second-order valence-electron chi connectivity index (χ2n) is 5.13. The van der Waals surface area contributed by atoms with Crippen LogP contribution in [0.2, 0.25) is 0 Å². The Hall–Kier alpha value is -0.910. The number of hydrogen-bond acceptors (Lipinski definition) is 3. The minimum atomic E-state index is -3.44. The summed E-state index contributed by atoms with van der Waals surface area (Å²) in [6.07, 6.45) is 3.29. The first-order valence-electron chi connectivity index (χ1n) is 6.80. The molecule has 1 saturated carbocycles. The zero-order valence-electron chi connectivity index (χ0n) is 11.2. The number of nitrogens with one attached hydrogen (secondary N) is 1. The topological polar surface area (TPSA) is 66.4 Å². The molecule has 2 rings (SSSR count). The summed E-state index contributed by atoms with van der Waals surface area (Å²) in [6, 6.07) is 6.99. The van der Waals surface area contributed by atoms with Gasteiger partial charge in [-0.15, -0.1) is 0 Å². The van der Waals surface area contributed by atoms with Crippen molar-refractivity contribution in [2.24, 2.45) is 0 Å². The molecule has 1 fully saturated rings. The molecule has 0 saturated heterocycles. The molecule has 0 aliphatic heterocycles. The first kappa shape index (κ1) is 14.5. The van der Waals surface area contributed by atoms with E-state index in [0.717, 1.165) is 12.0 Å². The molecule has 1 aromatic carbocycles. The lowest BCUT2D eigenvalue weighted by Crippen LogP contribution is -2.38. The number of aryl methyl sites for hydroxylation is 1. The second-order valence-corrected chi connectivity index (χ2v) is 6.84. The normalized spacial score (nSPS) is 24.3. The largest absolute Gasteiger partial charge is 0.393 e. The SMILES string of the molecule is CCc1cccc(S(=O)(=O)NC2CCC(O)CC2)c1. The van der Waals surface area contributed by atoms with Crippen LogP contribution in [0.1, 0.15) is 38.2 Å². The van der Waals surface area contributed by atoms with Crippen molar-refractivity contribution in [3.63, 3.8) is 0 Å². The molecule has 1 aliphatic carbocycles. The summed E-state index contributed by atoms with van der Waals surface area (Å²) in [5.74, 6) is 0. The molecule has 0 amide bonds. The van der Waals surface area contributed by atoms with Crippen LogP contribution in [0.15, 0.2) is 29.2 Å². The fourth-order valence-corrected chi connectivity index (χ4v) is 3.79.